The Morgan fingerprint density at radius 2 is 2.12 bits per heavy atom. The van der Waals surface area contributed by atoms with Gasteiger partial charge in [0.2, 0.25) is 0 Å². The largest absolute Gasteiger partial charge is 0.298 e. The molecular weight excluding hydrogens is 232 g/mol. The van der Waals surface area contributed by atoms with E-state index in [-0.39, 0.29) is 5.54 Å². The van der Waals surface area contributed by atoms with Crippen LogP contribution in [0.1, 0.15) is 36.7 Å². The number of aldehydes is 1. The average Bonchev–Trinajstić information content (AvgIpc) is 2.81. The molecule has 0 saturated carbocycles. The van der Waals surface area contributed by atoms with Crippen LogP contribution in [-0.4, -0.2) is 16.1 Å². The number of carbonyl (C=O) groups excluding carboxylic acids is 1. The van der Waals surface area contributed by atoms with Crippen molar-refractivity contribution in [3.05, 3.63) is 28.8 Å². The van der Waals surface area contributed by atoms with E-state index in [1.807, 2.05) is 29.2 Å². The highest BCUT2D eigenvalue weighted by molar-refractivity contribution is 7.13. The van der Waals surface area contributed by atoms with Gasteiger partial charge in [-0.25, -0.2) is 0 Å². The molecule has 0 aliphatic heterocycles. The van der Waals surface area contributed by atoms with Gasteiger partial charge in [0.1, 0.15) is 5.69 Å². The van der Waals surface area contributed by atoms with E-state index in [0.717, 1.165) is 22.4 Å². The molecule has 3 nitrogen and oxygen atoms in total. The molecule has 0 bridgehead atoms. The van der Waals surface area contributed by atoms with Crippen molar-refractivity contribution in [3.63, 3.8) is 0 Å². The molecule has 0 radical (unpaired) electrons. The Morgan fingerprint density at radius 1 is 1.41 bits per heavy atom. The molecule has 17 heavy (non-hydrogen) atoms. The van der Waals surface area contributed by atoms with Gasteiger partial charge in [-0.3, -0.25) is 9.48 Å². The highest BCUT2D eigenvalue weighted by atomic mass is 32.1. The molecule has 2 aromatic heterocycles. The number of carbonyl (C=O) groups is 1. The summed E-state index contributed by atoms with van der Waals surface area (Å²) in [5, 5.41) is 6.57. The summed E-state index contributed by atoms with van der Waals surface area (Å²) in [6.07, 6.45) is 2.70. The topological polar surface area (TPSA) is 34.9 Å². The molecule has 4 heteroatoms. The molecule has 0 fully saturated rings. The standard InChI is InChI=1S/C13H16N2OS/c1-9-5-6-17-12(9)11-10(8-16)7-15(14-11)13(2,3)4/h5-8H,1-4H3. The summed E-state index contributed by atoms with van der Waals surface area (Å²) in [4.78, 5) is 12.2. The minimum Gasteiger partial charge on any atom is -0.298 e. The van der Waals surface area contributed by atoms with Gasteiger partial charge in [-0.1, -0.05) is 0 Å². The lowest BCUT2D eigenvalue weighted by Gasteiger charge is -2.18. The van der Waals surface area contributed by atoms with E-state index in [0.29, 0.717) is 5.56 Å². The van der Waals surface area contributed by atoms with Crippen LogP contribution in [0.25, 0.3) is 10.6 Å². The first-order chi connectivity index (χ1) is 7.93. The number of thiophene rings is 1. The summed E-state index contributed by atoms with van der Waals surface area (Å²) in [5.74, 6) is 0. The van der Waals surface area contributed by atoms with Crippen LogP contribution in [-0.2, 0) is 5.54 Å². The van der Waals surface area contributed by atoms with Gasteiger partial charge >= 0.3 is 0 Å². The highest BCUT2D eigenvalue weighted by Crippen LogP contribution is 2.31. The summed E-state index contributed by atoms with van der Waals surface area (Å²) in [7, 11) is 0. The fourth-order valence-corrected chi connectivity index (χ4v) is 2.54. The van der Waals surface area contributed by atoms with E-state index in [1.54, 1.807) is 11.3 Å². The summed E-state index contributed by atoms with van der Waals surface area (Å²) >= 11 is 1.62. The third-order valence-corrected chi connectivity index (χ3v) is 3.66. The first-order valence-electron chi connectivity index (χ1n) is 5.53. The summed E-state index contributed by atoms with van der Waals surface area (Å²) in [6, 6.07) is 2.05. The van der Waals surface area contributed by atoms with Crippen LogP contribution in [0, 0.1) is 6.92 Å². The molecule has 0 saturated heterocycles. The molecule has 0 amide bonds. The van der Waals surface area contributed by atoms with Gasteiger partial charge in [0.15, 0.2) is 6.29 Å². The minimum absolute atomic E-state index is 0.110. The zero-order valence-electron chi connectivity index (χ0n) is 10.5. The molecule has 90 valence electrons. The van der Waals surface area contributed by atoms with Crippen LogP contribution in [0.5, 0.6) is 0 Å². The fourth-order valence-electron chi connectivity index (χ4n) is 1.61. The zero-order chi connectivity index (χ0) is 12.6. The van der Waals surface area contributed by atoms with E-state index in [1.165, 1.54) is 0 Å². The van der Waals surface area contributed by atoms with Gasteiger partial charge in [0, 0.05) is 6.20 Å². The van der Waals surface area contributed by atoms with Crippen molar-refractivity contribution < 1.29 is 4.79 Å². The van der Waals surface area contributed by atoms with Crippen LogP contribution in [0.4, 0.5) is 0 Å². The van der Waals surface area contributed by atoms with Crippen molar-refractivity contribution in [2.75, 3.05) is 0 Å². The van der Waals surface area contributed by atoms with Gasteiger partial charge in [-0.2, -0.15) is 5.10 Å². The monoisotopic (exact) mass is 248 g/mol. The smallest absolute Gasteiger partial charge is 0.153 e. The van der Waals surface area contributed by atoms with Crippen LogP contribution < -0.4 is 0 Å². The van der Waals surface area contributed by atoms with Gasteiger partial charge in [-0.05, 0) is 44.7 Å². The number of rotatable bonds is 2. The first-order valence-corrected chi connectivity index (χ1v) is 6.41. The molecular formula is C13H16N2OS. The minimum atomic E-state index is -0.110. The predicted molar refractivity (Wildman–Crippen MR) is 70.7 cm³/mol. The third kappa shape index (κ3) is 2.17. The molecule has 2 aromatic rings. The van der Waals surface area contributed by atoms with Gasteiger partial charge in [0.25, 0.3) is 0 Å². The van der Waals surface area contributed by atoms with Crippen molar-refractivity contribution in [2.45, 2.75) is 33.2 Å². The zero-order valence-corrected chi connectivity index (χ0v) is 11.3. The fraction of sp³-hybridized carbons (Fsp3) is 0.385. The lowest BCUT2D eigenvalue weighted by molar-refractivity contribution is 0.112. The Morgan fingerprint density at radius 3 is 2.59 bits per heavy atom. The Bertz CT molecular complexity index is 546. The van der Waals surface area contributed by atoms with Gasteiger partial charge in [-0.15, -0.1) is 11.3 Å². The van der Waals surface area contributed by atoms with E-state index >= 15 is 0 Å². The molecule has 2 rings (SSSR count). The molecule has 2 heterocycles. The molecule has 0 N–H and O–H groups in total. The number of hydrogen-bond acceptors (Lipinski definition) is 3. The number of nitrogens with zero attached hydrogens (tertiary/aromatic N) is 2. The maximum absolute atomic E-state index is 11.1. The quantitative estimate of drug-likeness (QED) is 0.762. The van der Waals surface area contributed by atoms with Crippen molar-refractivity contribution in [1.29, 1.82) is 0 Å². The second kappa shape index (κ2) is 4.11. The number of hydrogen-bond donors (Lipinski definition) is 0. The van der Waals surface area contributed by atoms with Crippen LogP contribution in [0.15, 0.2) is 17.6 Å². The van der Waals surface area contributed by atoms with Gasteiger partial charge in [0.05, 0.1) is 16.0 Å². The second-order valence-corrected chi connectivity index (χ2v) is 6.02. The van der Waals surface area contributed by atoms with E-state index in [9.17, 15) is 4.79 Å². The van der Waals surface area contributed by atoms with E-state index in [2.05, 4.69) is 25.9 Å². The van der Waals surface area contributed by atoms with Crippen LogP contribution in [0.3, 0.4) is 0 Å². The lowest BCUT2D eigenvalue weighted by Crippen LogP contribution is -2.22. The number of aryl methyl sites for hydroxylation is 1. The third-order valence-electron chi connectivity index (χ3n) is 2.63. The normalized spacial score (nSPS) is 11.8. The lowest BCUT2D eigenvalue weighted by atomic mass is 10.1. The molecule has 0 spiro atoms. The summed E-state index contributed by atoms with van der Waals surface area (Å²) in [6.45, 7) is 8.25. The number of aromatic nitrogens is 2. The molecule has 0 atom stereocenters. The second-order valence-electron chi connectivity index (χ2n) is 5.10. The van der Waals surface area contributed by atoms with E-state index < -0.39 is 0 Å². The first kappa shape index (κ1) is 12.0. The Balaban J connectivity index is 2.59. The van der Waals surface area contributed by atoms with Crippen molar-refractivity contribution >= 4 is 17.6 Å². The molecule has 0 unspecified atom stereocenters. The Labute approximate surface area is 105 Å². The average molecular weight is 248 g/mol. The Kier molecular flexibility index (Phi) is 2.91. The maximum atomic E-state index is 11.1. The highest BCUT2D eigenvalue weighted by Gasteiger charge is 2.19. The van der Waals surface area contributed by atoms with Crippen LogP contribution in [0.2, 0.25) is 0 Å². The maximum Gasteiger partial charge on any atom is 0.153 e. The summed E-state index contributed by atoms with van der Waals surface area (Å²) in [5.41, 5.74) is 2.51. The molecule has 0 aromatic carbocycles. The molecule has 0 aliphatic carbocycles. The van der Waals surface area contributed by atoms with Crippen molar-refractivity contribution in [2.24, 2.45) is 0 Å². The SMILES string of the molecule is Cc1ccsc1-c1nn(C(C)(C)C)cc1C=O. The predicted octanol–water partition coefficient (Wildman–Crippen LogP) is 3.49. The van der Waals surface area contributed by atoms with Crippen LogP contribution >= 0.6 is 11.3 Å². The van der Waals surface area contributed by atoms with Gasteiger partial charge < -0.3 is 0 Å². The Hall–Kier alpha value is -1.42. The van der Waals surface area contributed by atoms with Crippen molar-refractivity contribution in [1.82, 2.24) is 9.78 Å². The van der Waals surface area contributed by atoms with Crippen molar-refractivity contribution in [3.8, 4) is 10.6 Å². The van der Waals surface area contributed by atoms with E-state index in [4.69, 9.17) is 0 Å². The molecule has 0 aliphatic rings. The summed E-state index contributed by atoms with van der Waals surface area (Å²) < 4.78 is 1.85.